The molecule has 1 atom stereocenters. The molecule has 0 aliphatic carbocycles. The second-order valence-electron chi connectivity index (χ2n) is 8.38. The highest BCUT2D eigenvalue weighted by molar-refractivity contribution is 5.83. The normalized spacial score (nSPS) is 16.5. The first-order valence-electron chi connectivity index (χ1n) is 11.0. The molecule has 1 N–H and O–H groups in total. The van der Waals surface area contributed by atoms with Crippen LogP contribution in [0.15, 0.2) is 48.5 Å². The van der Waals surface area contributed by atoms with Crippen LogP contribution in [0.4, 0.5) is 5.95 Å². The Morgan fingerprint density at radius 1 is 1.16 bits per heavy atom. The van der Waals surface area contributed by atoms with Crippen LogP contribution < -0.4 is 4.90 Å². The number of aromatic nitrogens is 2. The zero-order valence-electron chi connectivity index (χ0n) is 18.3. The standard InChI is InChI=1S/C25H30N4O2/c1-18-10-11-22-19(2)26-25(27-23(22)15-18)29-12-6-9-21(17-29)24(31)28(13-14-30)16-20-7-4-3-5-8-20/h3-5,7-8,10-11,15,21,30H,6,9,12-14,16-17H2,1-2H3. The van der Waals surface area contributed by atoms with Gasteiger partial charge in [0.15, 0.2) is 0 Å². The quantitative estimate of drug-likeness (QED) is 0.664. The molecule has 2 aromatic carbocycles. The van der Waals surface area contributed by atoms with E-state index in [1.54, 1.807) is 4.90 Å². The Bertz CT molecular complexity index is 1050. The average molecular weight is 419 g/mol. The van der Waals surface area contributed by atoms with Crippen LogP contribution in [0.1, 0.15) is 29.7 Å². The maximum Gasteiger partial charge on any atom is 0.227 e. The summed E-state index contributed by atoms with van der Waals surface area (Å²) in [5, 5.41) is 10.6. The van der Waals surface area contributed by atoms with Crippen molar-refractivity contribution < 1.29 is 9.90 Å². The Morgan fingerprint density at radius 3 is 2.74 bits per heavy atom. The minimum Gasteiger partial charge on any atom is -0.395 e. The molecule has 3 aromatic rings. The number of hydrogen-bond acceptors (Lipinski definition) is 5. The third kappa shape index (κ3) is 4.85. The summed E-state index contributed by atoms with van der Waals surface area (Å²) in [4.78, 5) is 26.8. The van der Waals surface area contributed by atoms with Crippen LogP contribution >= 0.6 is 0 Å². The van der Waals surface area contributed by atoms with E-state index in [2.05, 4.69) is 30.0 Å². The lowest BCUT2D eigenvalue weighted by molar-refractivity contribution is -0.137. The minimum atomic E-state index is -0.124. The van der Waals surface area contributed by atoms with Crippen molar-refractivity contribution in [2.75, 3.05) is 31.1 Å². The largest absolute Gasteiger partial charge is 0.395 e. The smallest absolute Gasteiger partial charge is 0.227 e. The Labute approximate surface area is 183 Å². The summed E-state index contributed by atoms with van der Waals surface area (Å²) >= 11 is 0. The van der Waals surface area contributed by atoms with E-state index in [0.29, 0.717) is 25.6 Å². The first-order chi connectivity index (χ1) is 15.0. The molecule has 6 heteroatoms. The van der Waals surface area contributed by atoms with Gasteiger partial charge < -0.3 is 14.9 Å². The number of aryl methyl sites for hydroxylation is 2. The van der Waals surface area contributed by atoms with Crippen molar-refractivity contribution in [3.8, 4) is 0 Å². The highest BCUT2D eigenvalue weighted by Gasteiger charge is 2.30. The van der Waals surface area contributed by atoms with Crippen molar-refractivity contribution in [1.29, 1.82) is 0 Å². The van der Waals surface area contributed by atoms with Gasteiger partial charge in [-0.1, -0.05) is 42.5 Å². The molecular weight excluding hydrogens is 388 g/mol. The number of hydrogen-bond donors (Lipinski definition) is 1. The molecule has 1 fully saturated rings. The summed E-state index contributed by atoms with van der Waals surface area (Å²) in [5.74, 6) is 0.668. The van der Waals surface area contributed by atoms with E-state index in [0.717, 1.165) is 41.5 Å². The van der Waals surface area contributed by atoms with Crippen molar-refractivity contribution in [2.24, 2.45) is 5.92 Å². The van der Waals surface area contributed by atoms with Crippen LogP contribution in [0.25, 0.3) is 10.9 Å². The van der Waals surface area contributed by atoms with E-state index in [1.807, 2.05) is 37.3 Å². The molecule has 0 bridgehead atoms. The van der Waals surface area contributed by atoms with E-state index in [-0.39, 0.29) is 18.4 Å². The minimum absolute atomic E-state index is 0.0403. The predicted molar refractivity (Wildman–Crippen MR) is 123 cm³/mol. The van der Waals surface area contributed by atoms with Gasteiger partial charge in [-0.2, -0.15) is 0 Å². The third-order valence-corrected chi connectivity index (χ3v) is 5.98. The van der Waals surface area contributed by atoms with E-state index in [4.69, 9.17) is 9.97 Å². The van der Waals surface area contributed by atoms with Crippen molar-refractivity contribution in [3.63, 3.8) is 0 Å². The summed E-state index contributed by atoms with van der Waals surface area (Å²) < 4.78 is 0. The second-order valence-corrected chi connectivity index (χ2v) is 8.38. The van der Waals surface area contributed by atoms with Crippen LogP contribution in [0.2, 0.25) is 0 Å². The van der Waals surface area contributed by atoms with Crippen molar-refractivity contribution in [1.82, 2.24) is 14.9 Å². The molecular formula is C25H30N4O2. The number of piperidine rings is 1. The molecule has 1 saturated heterocycles. The Hall–Kier alpha value is -2.99. The van der Waals surface area contributed by atoms with Gasteiger partial charge in [-0.3, -0.25) is 4.79 Å². The molecule has 4 rings (SSSR count). The predicted octanol–water partition coefficient (Wildman–Crippen LogP) is 3.48. The molecule has 2 heterocycles. The van der Waals surface area contributed by atoms with Gasteiger partial charge >= 0.3 is 0 Å². The Balaban J connectivity index is 1.53. The van der Waals surface area contributed by atoms with Gasteiger partial charge in [0.1, 0.15) is 0 Å². The fourth-order valence-electron chi connectivity index (χ4n) is 4.33. The lowest BCUT2D eigenvalue weighted by atomic mass is 9.96. The SMILES string of the molecule is Cc1ccc2c(C)nc(N3CCCC(C(=O)N(CCO)Cc4ccccc4)C3)nc2c1. The van der Waals surface area contributed by atoms with Crippen molar-refractivity contribution in [2.45, 2.75) is 33.2 Å². The van der Waals surface area contributed by atoms with Crippen LogP contribution in [-0.4, -0.2) is 52.1 Å². The molecule has 1 amide bonds. The molecule has 1 aliphatic rings. The summed E-state index contributed by atoms with van der Waals surface area (Å²) in [5.41, 5.74) is 4.14. The van der Waals surface area contributed by atoms with Gasteiger partial charge in [0.25, 0.3) is 0 Å². The number of rotatable bonds is 6. The van der Waals surface area contributed by atoms with E-state index < -0.39 is 0 Å². The van der Waals surface area contributed by atoms with Crippen LogP contribution in [0.3, 0.4) is 0 Å². The molecule has 0 spiro atoms. The highest BCUT2D eigenvalue weighted by atomic mass is 16.3. The lowest BCUT2D eigenvalue weighted by Gasteiger charge is -2.35. The summed E-state index contributed by atoms with van der Waals surface area (Å²) in [6, 6.07) is 16.2. The summed E-state index contributed by atoms with van der Waals surface area (Å²) in [6.07, 6.45) is 1.76. The molecule has 1 aromatic heterocycles. The third-order valence-electron chi connectivity index (χ3n) is 5.98. The molecule has 1 aliphatic heterocycles. The van der Waals surface area contributed by atoms with Gasteiger partial charge in [0.05, 0.1) is 23.7 Å². The maximum atomic E-state index is 13.3. The van der Waals surface area contributed by atoms with Gasteiger partial charge in [-0.15, -0.1) is 0 Å². The second kappa shape index (κ2) is 9.43. The number of benzene rings is 2. The zero-order chi connectivity index (χ0) is 21.8. The first-order valence-corrected chi connectivity index (χ1v) is 11.0. The van der Waals surface area contributed by atoms with Gasteiger partial charge in [0, 0.05) is 31.6 Å². The molecule has 0 saturated carbocycles. The average Bonchev–Trinajstić information content (AvgIpc) is 2.78. The molecule has 162 valence electrons. The van der Waals surface area contributed by atoms with Crippen LogP contribution in [0.5, 0.6) is 0 Å². The van der Waals surface area contributed by atoms with E-state index in [9.17, 15) is 9.90 Å². The number of nitrogens with zero attached hydrogens (tertiary/aromatic N) is 4. The maximum absolute atomic E-state index is 13.3. The number of amides is 1. The first kappa shape index (κ1) is 21.2. The number of aliphatic hydroxyl groups is 1. The number of carbonyl (C=O) groups is 1. The number of fused-ring (bicyclic) bond motifs is 1. The lowest BCUT2D eigenvalue weighted by Crippen LogP contribution is -2.46. The van der Waals surface area contributed by atoms with Crippen molar-refractivity contribution in [3.05, 3.63) is 65.4 Å². The summed E-state index contributed by atoms with van der Waals surface area (Å²) in [7, 11) is 0. The number of anilines is 1. The van der Waals surface area contributed by atoms with E-state index >= 15 is 0 Å². The summed E-state index contributed by atoms with van der Waals surface area (Å²) in [6.45, 7) is 6.34. The number of aliphatic hydroxyl groups excluding tert-OH is 1. The van der Waals surface area contributed by atoms with Gasteiger partial charge in [-0.05, 0) is 43.9 Å². The van der Waals surface area contributed by atoms with Crippen LogP contribution in [0, 0.1) is 19.8 Å². The Morgan fingerprint density at radius 2 is 1.97 bits per heavy atom. The molecule has 0 radical (unpaired) electrons. The molecule has 31 heavy (non-hydrogen) atoms. The van der Waals surface area contributed by atoms with Crippen LogP contribution in [-0.2, 0) is 11.3 Å². The number of carbonyl (C=O) groups excluding carboxylic acids is 1. The van der Waals surface area contributed by atoms with Gasteiger partial charge in [-0.25, -0.2) is 9.97 Å². The fourth-order valence-corrected chi connectivity index (χ4v) is 4.33. The fraction of sp³-hybridized carbons (Fsp3) is 0.400. The zero-order valence-corrected chi connectivity index (χ0v) is 18.3. The van der Waals surface area contributed by atoms with Gasteiger partial charge in [0.2, 0.25) is 11.9 Å². The monoisotopic (exact) mass is 418 g/mol. The molecule has 6 nitrogen and oxygen atoms in total. The van der Waals surface area contributed by atoms with Crippen molar-refractivity contribution >= 4 is 22.8 Å². The molecule has 1 unspecified atom stereocenters. The topological polar surface area (TPSA) is 69.6 Å². The Kier molecular flexibility index (Phi) is 6.47. The van der Waals surface area contributed by atoms with E-state index in [1.165, 1.54) is 5.56 Å². The highest BCUT2D eigenvalue weighted by Crippen LogP contribution is 2.26.